The van der Waals surface area contributed by atoms with Gasteiger partial charge >= 0.3 is 6.09 Å². The Morgan fingerprint density at radius 2 is 1.91 bits per heavy atom. The lowest BCUT2D eigenvalue weighted by molar-refractivity contribution is -0.125. The highest BCUT2D eigenvalue weighted by atomic mass is 32.2. The highest BCUT2D eigenvalue weighted by Gasteiger charge is 2.38. The number of amides is 2. The number of anilines is 1. The number of likely N-dealkylation sites (tertiary alicyclic amines) is 1. The van der Waals surface area contributed by atoms with Crippen molar-refractivity contribution in [3.05, 3.63) is 48.3 Å². The van der Waals surface area contributed by atoms with E-state index in [1.165, 1.54) is 35.5 Å². The van der Waals surface area contributed by atoms with E-state index in [2.05, 4.69) is 20.8 Å². The summed E-state index contributed by atoms with van der Waals surface area (Å²) in [5, 5.41) is 9.19. The maximum Gasteiger partial charge on any atom is 0.407 e. The van der Waals surface area contributed by atoms with Gasteiger partial charge in [-0.3, -0.25) is 15.6 Å². The summed E-state index contributed by atoms with van der Waals surface area (Å²) in [5.74, 6) is -0.664. The smallest absolute Gasteiger partial charge is 0.407 e. The van der Waals surface area contributed by atoms with Crippen LogP contribution in [-0.4, -0.2) is 57.5 Å². The number of hydrazine groups is 1. The number of rotatable bonds is 6. The van der Waals surface area contributed by atoms with Crippen LogP contribution >= 0.6 is 0 Å². The Hall–Kier alpha value is -3.67. The minimum atomic E-state index is -3.84. The van der Waals surface area contributed by atoms with Crippen LogP contribution in [-0.2, 0) is 14.8 Å². The minimum absolute atomic E-state index is 0.0718. The van der Waals surface area contributed by atoms with Crippen LogP contribution in [0.4, 0.5) is 10.6 Å². The van der Waals surface area contributed by atoms with Gasteiger partial charge in [0, 0.05) is 19.3 Å². The maximum atomic E-state index is 13.0. The zero-order valence-electron chi connectivity index (χ0n) is 18.1. The molecule has 3 N–H and O–H groups in total. The van der Waals surface area contributed by atoms with E-state index < -0.39 is 22.0 Å². The van der Waals surface area contributed by atoms with Crippen molar-refractivity contribution in [2.75, 3.05) is 18.5 Å². The van der Waals surface area contributed by atoms with Gasteiger partial charge < -0.3 is 10.0 Å². The van der Waals surface area contributed by atoms with E-state index >= 15 is 0 Å². The summed E-state index contributed by atoms with van der Waals surface area (Å²) in [7, 11) is -3.84. The second-order valence-corrected chi connectivity index (χ2v) is 9.79. The number of nitrogens with one attached hydrogen (secondary N) is 2. The number of aryl methyl sites for hydroxylation is 1. The number of benzene rings is 1. The number of carbonyl (C=O) groups excluding carboxylic acids is 1. The fourth-order valence-corrected chi connectivity index (χ4v) is 5.22. The first-order valence-corrected chi connectivity index (χ1v) is 11.8. The van der Waals surface area contributed by atoms with Crippen LogP contribution in [0.3, 0.4) is 0 Å². The average molecular weight is 473 g/mol. The van der Waals surface area contributed by atoms with E-state index in [-0.39, 0.29) is 34.7 Å². The molecule has 1 aromatic carbocycles. The zero-order valence-corrected chi connectivity index (χ0v) is 18.9. The number of nitrogens with zero attached hydrogens (tertiary/aromatic N) is 4. The summed E-state index contributed by atoms with van der Waals surface area (Å²) >= 11 is 0. The average Bonchev–Trinajstić information content (AvgIpc) is 3.42. The zero-order chi connectivity index (χ0) is 23.8. The molecular weight excluding hydrogens is 448 g/mol. The largest absolute Gasteiger partial charge is 0.465 e. The van der Waals surface area contributed by atoms with Crippen molar-refractivity contribution in [2.45, 2.75) is 25.2 Å². The molecule has 1 aliphatic heterocycles. The molecule has 2 aromatic heterocycles. The monoisotopic (exact) mass is 472 g/mol. The predicted molar refractivity (Wildman–Crippen MR) is 120 cm³/mol. The van der Waals surface area contributed by atoms with Gasteiger partial charge in [-0.25, -0.2) is 27.2 Å². The summed E-state index contributed by atoms with van der Waals surface area (Å²) < 4.78 is 27.0. The highest BCUT2D eigenvalue weighted by Crippen LogP contribution is 2.26. The molecule has 33 heavy (non-hydrogen) atoms. The van der Waals surface area contributed by atoms with Gasteiger partial charge in [0.25, 0.3) is 10.0 Å². The second kappa shape index (κ2) is 8.70. The molecule has 0 radical (unpaired) electrons. The van der Waals surface area contributed by atoms with Crippen molar-refractivity contribution in [1.82, 2.24) is 24.3 Å². The molecule has 0 bridgehead atoms. The lowest BCUT2D eigenvalue weighted by Gasteiger charge is -2.16. The molecule has 12 heteroatoms. The van der Waals surface area contributed by atoms with Crippen molar-refractivity contribution < 1.29 is 23.1 Å². The third-order valence-corrected chi connectivity index (χ3v) is 7.50. The molecule has 1 saturated heterocycles. The number of fused-ring (bicyclic) bond motifs is 1. The number of hydrogen-bond acceptors (Lipinski definition) is 7. The molecule has 11 nitrogen and oxygen atoms in total. The molecule has 174 valence electrons. The summed E-state index contributed by atoms with van der Waals surface area (Å²) in [5.41, 5.74) is 6.69. The molecule has 0 aliphatic carbocycles. The third kappa shape index (κ3) is 4.33. The van der Waals surface area contributed by atoms with Crippen LogP contribution < -0.4 is 10.9 Å². The topological polar surface area (TPSA) is 147 Å². The van der Waals surface area contributed by atoms with Crippen LogP contribution in [0.15, 0.2) is 47.6 Å². The Kier molecular flexibility index (Phi) is 5.93. The maximum absolute atomic E-state index is 13.0. The van der Waals surface area contributed by atoms with Crippen LogP contribution in [0.1, 0.15) is 18.9 Å². The molecule has 0 saturated carbocycles. The van der Waals surface area contributed by atoms with Crippen molar-refractivity contribution in [1.29, 1.82) is 0 Å². The van der Waals surface area contributed by atoms with Crippen molar-refractivity contribution in [3.8, 4) is 0 Å². The fourth-order valence-electron chi connectivity index (χ4n) is 3.92. The molecule has 2 amide bonds. The number of aromatic nitrogens is 3. The molecule has 2 unspecified atom stereocenters. The Balaban J connectivity index is 1.49. The molecule has 3 heterocycles. The lowest BCUT2D eigenvalue weighted by atomic mass is 9.93. The fraction of sp³-hybridized carbons (Fsp3) is 0.333. The summed E-state index contributed by atoms with van der Waals surface area (Å²) in [6.07, 6.45) is 2.33. The molecule has 0 spiro atoms. The van der Waals surface area contributed by atoms with Crippen LogP contribution in [0.5, 0.6) is 0 Å². The van der Waals surface area contributed by atoms with Crippen LogP contribution in [0.25, 0.3) is 11.2 Å². The van der Waals surface area contributed by atoms with E-state index in [1.807, 2.05) is 13.8 Å². The summed E-state index contributed by atoms with van der Waals surface area (Å²) in [6.45, 7) is 4.24. The molecule has 1 fully saturated rings. The van der Waals surface area contributed by atoms with Crippen molar-refractivity contribution in [3.63, 3.8) is 0 Å². The number of carbonyl (C=O) groups is 2. The van der Waals surface area contributed by atoms with Gasteiger partial charge in [0.2, 0.25) is 5.91 Å². The highest BCUT2D eigenvalue weighted by molar-refractivity contribution is 7.90. The SMILES string of the molecule is CCC1CN(C(=O)O)CC1C(=O)NNc1cnc2c(ccn2S(=O)(=O)c2ccc(C)cc2)n1. The summed E-state index contributed by atoms with van der Waals surface area (Å²) in [6, 6.07) is 8.03. The predicted octanol–water partition coefficient (Wildman–Crippen LogP) is 2.06. The van der Waals surface area contributed by atoms with Gasteiger partial charge in [-0.1, -0.05) is 31.0 Å². The Morgan fingerprint density at radius 1 is 1.18 bits per heavy atom. The normalized spacial score (nSPS) is 18.4. The summed E-state index contributed by atoms with van der Waals surface area (Å²) in [4.78, 5) is 33.7. The van der Waals surface area contributed by atoms with Gasteiger partial charge in [0.15, 0.2) is 11.5 Å². The molecule has 2 atom stereocenters. The van der Waals surface area contributed by atoms with E-state index in [9.17, 15) is 23.1 Å². The second-order valence-electron chi connectivity index (χ2n) is 7.97. The van der Waals surface area contributed by atoms with E-state index in [4.69, 9.17) is 0 Å². The van der Waals surface area contributed by atoms with Crippen LogP contribution in [0, 0.1) is 18.8 Å². The van der Waals surface area contributed by atoms with E-state index in [0.717, 1.165) is 9.54 Å². The van der Waals surface area contributed by atoms with Crippen molar-refractivity contribution >= 4 is 39.0 Å². The van der Waals surface area contributed by atoms with Crippen LogP contribution in [0.2, 0.25) is 0 Å². The third-order valence-electron chi connectivity index (χ3n) is 5.82. The van der Waals surface area contributed by atoms with Crippen molar-refractivity contribution in [2.24, 2.45) is 11.8 Å². The molecule has 4 rings (SSSR count). The first kappa shape index (κ1) is 22.5. The Morgan fingerprint density at radius 3 is 2.58 bits per heavy atom. The van der Waals surface area contributed by atoms with Gasteiger partial charge in [0.1, 0.15) is 5.52 Å². The molecule has 3 aromatic rings. The molecule has 1 aliphatic rings. The standard InChI is InChI=1S/C21H24N6O5S/c1-3-14-11-26(21(29)30)12-16(14)20(28)25-24-18-10-22-19-17(23-18)8-9-27(19)33(31,32)15-6-4-13(2)5-7-15/h4-10,14,16H,3,11-12H2,1-2H3,(H,23,24)(H,25,28)(H,29,30). The van der Waals surface area contributed by atoms with E-state index in [0.29, 0.717) is 18.5 Å². The van der Waals surface area contributed by atoms with Gasteiger partial charge in [-0.2, -0.15) is 0 Å². The Labute approximate surface area is 190 Å². The minimum Gasteiger partial charge on any atom is -0.465 e. The number of carboxylic acid groups (broad SMARTS) is 1. The Bertz CT molecular complexity index is 1300. The first-order valence-electron chi connectivity index (χ1n) is 10.4. The first-order chi connectivity index (χ1) is 15.7. The van der Waals surface area contributed by atoms with Gasteiger partial charge in [-0.05, 0) is 31.0 Å². The van der Waals surface area contributed by atoms with Gasteiger partial charge in [-0.15, -0.1) is 0 Å². The van der Waals surface area contributed by atoms with Gasteiger partial charge in [0.05, 0.1) is 17.0 Å². The quantitative estimate of drug-likeness (QED) is 0.462. The molecular formula is C21H24N6O5S. The number of hydrogen-bond donors (Lipinski definition) is 3. The van der Waals surface area contributed by atoms with E-state index in [1.54, 1.807) is 12.1 Å². The lowest BCUT2D eigenvalue weighted by Crippen LogP contribution is -2.39.